The van der Waals surface area contributed by atoms with Gasteiger partial charge in [0.2, 0.25) is 0 Å². The third-order valence-electron chi connectivity index (χ3n) is 2.91. The van der Waals surface area contributed by atoms with Crippen LogP contribution in [0.25, 0.3) is 11.1 Å². The molecule has 116 valence electrons. The summed E-state index contributed by atoms with van der Waals surface area (Å²) in [5.74, 6) is -2.47. The highest BCUT2D eigenvalue weighted by molar-refractivity contribution is 5.96. The summed E-state index contributed by atoms with van der Waals surface area (Å²) < 4.78 is 54.1. The van der Waals surface area contributed by atoms with E-state index in [1.54, 1.807) is 0 Å². The van der Waals surface area contributed by atoms with Gasteiger partial charge in [-0.1, -0.05) is 12.1 Å². The predicted octanol–water partition coefficient (Wildman–Crippen LogP) is 4.40. The number of hydrogen-bond donors (Lipinski definition) is 1. The lowest BCUT2D eigenvalue weighted by Gasteiger charge is -2.12. The molecule has 1 N–H and O–H groups in total. The van der Waals surface area contributed by atoms with Crippen LogP contribution in [0.5, 0.6) is 5.75 Å². The molecule has 0 aliphatic rings. The van der Waals surface area contributed by atoms with E-state index in [0.717, 1.165) is 24.3 Å². The van der Waals surface area contributed by atoms with Crippen molar-refractivity contribution in [3.05, 3.63) is 53.3 Å². The lowest BCUT2D eigenvalue weighted by Crippen LogP contribution is -2.17. The summed E-state index contributed by atoms with van der Waals surface area (Å²) in [6.07, 6.45) is -4.87. The number of ether oxygens (including phenoxy) is 1. The van der Waals surface area contributed by atoms with Crippen molar-refractivity contribution in [2.75, 3.05) is 0 Å². The van der Waals surface area contributed by atoms with Crippen LogP contribution in [-0.2, 0) is 0 Å². The van der Waals surface area contributed by atoms with E-state index in [0.29, 0.717) is 0 Å². The van der Waals surface area contributed by atoms with Crippen molar-refractivity contribution in [2.24, 2.45) is 0 Å². The average molecular weight is 314 g/mol. The molecule has 0 fully saturated rings. The molecule has 0 unspecified atom stereocenters. The van der Waals surface area contributed by atoms with E-state index in [1.165, 1.54) is 19.1 Å². The van der Waals surface area contributed by atoms with Crippen LogP contribution in [0.2, 0.25) is 0 Å². The molecule has 0 spiro atoms. The minimum atomic E-state index is -4.87. The molecular weight excluding hydrogens is 304 g/mol. The van der Waals surface area contributed by atoms with E-state index in [4.69, 9.17) is 5.11 Å². The van der Waals surface area contributed by atoms with Gasteiger partial charge in [-0.2, -0.15) is 0 Å². The maximum atomic E-state index is 13.7. The Balaban J connectivity index is 2.54. The smallest absolute Gasteiger partial charge is 0.478 e. The van der Waals surface area contributed by atoms with E-state index < -0.39 is 23.9 Å². The fraction of sp³-hybridized carbons (Fsp3) is 0.133. The van der Waals surface area contributed by atoms with E-state index in [-0.39, 0.29) is 22.3 Å². The summed E-state index contributed by atoms with van der Waals surface area (Å²) in [5, 5.41) is 9.16. The number of benzene rings is 2. The number of alkyl halides is 3. The van der Waals surface area contributed by atoms with Crippen LogP contribution < -0.4 is 4.74 Å². The molecule has 2 aromatic carbocycles. The first-order chi connectivity index (χ1) is 10.2. The summed E-state index contributed by atoms with van der Waals surface area (Å²) in [6.45, 7) is 1.40. The predicted molar refractivity (Wildman–Crippen MR) is 70.2 cm³/mol. The van der Waals surface area contributed by atoms with Gasteiger partial charge >= 0.3 is 12.3 Å². The molecule has 0 atom stereocenters. The zero-order valence-corrected chi connectivity index (χ0v) is 11.2. The van der Waals surface area contributed by atoms with Gasteiger partial charge in [-0.15, -0.1) is 13.2 Å². The van der Waals surface area contributed by atoms with Crippen LogP contribution in [0.1, 0.15) is 15.9 Å². The summed E-state index contributed by atoms with van der Waals surface area (Å²) >= 11 is 0. The lowest BCUT2D eigenvalue weighted by atomic mass is 9.97. The normalized spacial score (nSPS) is 11.3. The summed E-state index contributed by atoms with van der Waals surface area (Å²) in [7, 11) is 0. The van der Waals surface area contributed by atoms with E-state index >= 15 is 0 Å². The van der Waals surface area contributed by atoms with Gasteiger partial charge in [0.15, 0.2) is 0 Å². The fourth-order valence-electron chi connectivity index (χ4n) is 1.96. The second-order valence-corrected chi connectivity index (χ2v) is 4.53. The molecule has 0 aliphatic carbocycles. The zero-order chi connectivity index (χ0) is 16.5. The third kappa shape index (κ3) is 3.55. The van der Waals surface area contributed by atoms with Crippen molar-refractivity contribution in [1.29, 1.82) is 0 Å². The van der Waals surface area contributed by atoms with Crippen LogP contribution >= 0.6 is 0 Å². The van der Waals surface area contributed by atoms with Gasteiger partial charge in [-0.05, 0) is 47.9 Å². The number of carbonyl (C=O) groups is 1. The molecule has 3 nitrogen and oxygen atoms in total. The van der Waals surface area contributed by atoms with Gasteiger partial charge in [0.25, 0.3) is 0 Å². The number of carboxylic acid groups (broad SMARTS) is 1. The number of aryl methyl sites for hydroxylation is 1. The Morgan fingerprint density at radius 2 is 1.86 bits per heavy atom. The molecule has 22 heavy (non-hydrogen) atoms. The summed E-state index contributed by atoms with van der Waals surface area (Å²) in [5.41, 5.74) is 0.00757. The minimum absolute atomic E-state index is 0.0248. The largest absolute Gasteiger partial charge is 0.573 e. The number of halogens is 4. The van der Waals surface area contributed by atoms with Crippen molar-refractivity contribution in [1.82, 2.24) is 0 Å². The van der Waals surface area contributed by atoms with Gasteiger partial charge in [-0.25, -0.2) is 9.18 Å². The van der Waals surface area contributed by atoms with Gasteiger partial charge in [0.1, 0.15) is 11.6 Å². The molecule has 2 rings (SSSR count). The fourth-order valence-corrected chi connectivity index (χ4v) is 1.96. The van der Waals surface area contributed by atoms with Gasteiger partial charge < -0.3 is 9.84 Å². The molecule has 0 aromatic heterocycles. The van der Waals surface area contributed by atoms with Crippen LogP contribution in [0.3, 0.4) is 0 Å². The maximum absolute atomic E-state index is 13.7. The van der Waals surface area contributed by atoms with Gasteiger partial charge in [0.05, 0.1) is 5.56 Å². The summed E-state index contributed by atoms with van der Waals surface area (Å²) in [6, 6.07) is 6.82. The first kappa shape index (κ1) is 15.8. The molecule has 2 aromatic rings. The number of carboxylic acids is 1. The van der Waals surface area contributed by atoms with Crippen molar-refractivity contribution in [3.63, 3.8) is 0 Å². The second kappa shape index (κ2) is 5.67. The SMILES string of the molecule is Cc1cc(C(=O)O)c(-c2cccc(OC(F)(F)F)c2)cc1F. The van der Waals surface area contributed by atoms with Gasteiger partial charge in [-0.3, -0.25) is 0 Å². The molecule has 0 aliphatic heterocycles. The molecule has 7 heteroatoms. The molecule has 0 saturated heterocycles. The molecule has 0 amide bonds. The third-order valence-corrected chi connectivity index (χ3v) is 2.91. The Bertz CT molecular complexity index is 723. The highest BCUT2D eigenvalue weighted by Gasteiger charge is 2.31. The van der Waals surface area contributed by atoms with Crippen molar-refractivity contribution < 1.29 is 32.2 Å². The number of rotatable bonds is 3. The van der Waals surface area contributed by atoms with Crippen LogP contribution in [0.15, 0.2) is 36.4 Å². The topological polar surface area (TPSA) is 46.5 Å². The van der Waals surface area contributed by atoms with E-state index in [2.05, 4.69) is 4.74 Å². The number of aromatic carboxylic acids is 1. The van der Waals surface area contributed by atoms with E-state index in [1.807, 2.05) is 0 Å². The van der Waals surface area contributed by atoms with Crippen LogP contribution in [-0.4, -0.2) is 17.4 Å². The Morgan fingerprint density at radius 3 is 2.45 bits per heavy atom. The summed E-state index contributed by atoms with van der Waals surface area (Å²) in [4.78, 5) is 11.2. The quantitative estimate of drug-likeness (QED) is 0.854. The highest BCUT2D eigenvalue weighted by atomic mass is 19.4. The van der Waals surface area contributed by atoms with Crippen LogP contribution in [0, 0.1) is 12.7 Å². The van der Waals surface area contributed by atoms with Crippen molar-refractivity contribution in [3.8, 4) is 16.9 Å². The van der Waals surface area contributed by atoms with E-state index in [9.17, 15) is 22.4 Å². The minimum Gasteiger partial charge on any atom is -0.478 e. The first-order valence-electron chi connectivity index (χ1n) is 6.07. The molecular formula is C15H10F4O3. The molecule has 0 radical (unpaired) electrons. The Labute approximate surface area is 122 Å². The Kier molecular flexibility index (Phi) is 4.07. The zero-order valence-electron chi connectivity index (χ0n) is 11.2. The molecule has 0 bridgehead atoms. The highest BCUT2D eigenvalue weighted by Crippen LogP contribution is 2.31. The molecule has 0 heterocycles. The maximum Gasteiger partial charge on any atom is 0.573 e. The second-order valence-electron chi connectivity index (χ2n) is 4.53. The Hall–Kier alpha value is -2.57. The van der Waals surface area contributed by atoms with Crippen LogP contribution in [0.4, 0.5) is 17.6 Å². The van der Waals surface area contributed by atoms with Gasteiger partial charge in [0, 0.05) is 0 Å². The number of hydrogen-bond acceptors (Lipinski definition) is 2. The lowest BCUT2D eigenvalue weighted by molar-refractivity contribution is -0.274. The first-order valence-corrected chi connectivity index (χ1v) is 6.07. The monoisotopic (exact) mass is 314 g/mol. The molecule has 0 saturated carbocycles. The van der Waals surface area contributed by atoms with Crippen molar-refractivity contribution >= 4 is 5.97 Å². The Morgan fingerprint density at radius 1 is 1.18 bits per heavy atom. The van der Waals surface area contributed by atoms with Crippen molar-refractivity contribution in [2.45, 2.75) is 13.3 Å². The standard InChI is InChI=1S/C15H10F4O3/c1-8-5-12(14(20)21)11(7-13(8)16)9-3-2-4-10(6-9)22-15(17,18)19/h2-7H,1H3,(H,20,21). The average Bonchev–Trinajstić information content (AvgIpc) is 2.39.